The SMILES string of the molecule is CC(C)(O)c1c(NC(=O)c2cccc(C3CC3(F)F)n2)cn2cc(C3CCN(C(=O)CN4CCN(c5cc6c(cc5F)C(=O)N(C5CCC(=O)NC5=O)C6=O)CC4)CC3)nc2c1F. The maximum Gasteiger partial charge on any atom is 0.274 e. The van der Waals surface area contributed by atoms with Gasteiger partial charge in [0.05, 0.1) is 52.0 Å². The molecule has 20 heteroatoms. The molecule has 3 saturated heterocycles. The van der Waals surface area contributed by atoms with Crippen LogP contribution in [0.25, 0.3) is 5.65 Å². The Morgan fingerprint density at radius 2 is 1.60 bits per heavy atom. The van der Waals surface area contributed by atoms with Gasteiger partial charge in [-0.1, -0.05) is 6.07 Å². The van der Waals surface area contributed by atoms with Crippen LogP contribution in [0.5, 0.6) is 0 Å². The smallest absolute Gasteiger partial charge is 0.274 e. The summed E-state index contributed by atoms with van der Waals surface area (Å²) in [7, 11) is 0. The number of imide groups is 2. The number of amides is 6. The van der Waals surface area contributed by atoms with E-state index in [2.05, 4.69) is 20.6 Å². The number of hydrogen-bond acceptors (Lipinski definition) is 11. The van der Waals surface area contributed by atoms with E-state index in [0.717, 1.165) is 11.0 Å². The highest BCUT2D eigenvalue weighted by Crippen LogP contribution is 2.55. The molecule has 5 aliphatic rings. The second kappa shape index (κ2) is 15.5. The zero-order valence-electron chi connectivity index (χ0n) is 34.3. The Hall–Kier alpha value is -6.28. The van der Waals surface area contributed by atoms with Gasteiger partial charge in [0, 0.05) is 76.0 Å². The second-order valence-corrected chi connectivity index (χ2v) is 17.3. The third kappa shape index (κ3) is 7.78. The Kier molecular flexibility index (Phi) is 10.3. The van der Waals surface area contributed by atoms with Crippen LogP contribution in [-0.4, -0.2) is 127 Å². The fraction of sp³-hybridized carbons (Fsp3) is 0.442. The first-order chi connectivity index (χ1) is 29.9. The van der Waals surface area contributed by atoms with Crippen LogP contribution >= 0.6 is 0 Å². The highest BCUT2D eigenvalue weighted by atomic mass is 19.3. The molecule has 0 spiro atoms. The van der Waals surface area contributed by atoms with Crippen molar-refractivity contribution in [3.63, 3.8) is 0 Å². The van der Waals surface area contributed by atoms with Crippen LogP contribution < -0.4 is 15.5 Å². The average molecular weight is 874 g/mol. The number of benzene rings is 1. The summed E-state index contributed by atoms with van der Waals surface area (Å²) in [5.74, 6) is -9.27. The number of anilines is 2. The molecule has 4 aliphatic heterocycles. The normalized spacial score (nSPS) is 21.9. The van der Waals surface area contributed by atoms with Crippen molar-refractivity contribution in [2.45, 2.75) is 75.4 Å². The molecule has 330 valence electrons. The largest absolute Gasteiger partial charge is 0.386 e. The Balaban J connectivity index is 0.809. The first kappa shape index (κ1) is 42.0. The Morgan fingerprint density at radius 1 is 0.921 bits per heavy atom. The molecule has 4 aromatic rings. The maximum absolute atomic E-state index is 16.2. The standard InChI is InChI=1S/C43H43F4N9O7/c1-42(2,63)35-30(50-38(59)28-5-3-4-27(48-28)25-18-43(25,46)47)20-55-19-29(49-37(55)36(35)45)22-8-10-54(11-9-22)34(58)21-52-12-14-53(15-13-52)32-17-24-23(16-26(32)44)40(61)56(41(24)62)31-6-7-33(57)51-39(31)60/h3-5,16-17,19-20,22,25,31,63H,6-15,18,21H2,1-2H3,(H,50,59)(H,51,57,60). The van der Waals surface area contributed by atoms with E-state index in [9.17, 15) is 42.7 Å². The summed E-state index contributed by atoms with van der Waals surface area (Å²) < 4.78 is 60.5. The molecular formula is C43H43F4N9O7. The third-order valence-corrected chi connectivity index (χ3v) is 12.6. The minimum Gasteiger partial charge on any atom is -0.386 e. The molecular weight excluding hydrogens is 831 g/mol. The van der Waals surface area contributed by atoms with Crippen LogP contribution in [0.4, 0.5) is 28.9 Å². The number of carbonyl (C=O) groups excluding carboxylic acids is 6. The van der Waals surface area contributed by atoms with E-state index in [1.165, 1.54) is 48.7 Å². The topological polar surface area (TPSA) is 190 Å². The van der Waals surface area contributed by atoms with E-state index in [1.54, 1.807) is 16.0 Å². The Labute approximate surface area is 357 Å². The minimum atomic E-state index is -2.88. The van der Waals surface area contributed by atoms with Gasteiger partial charge in [0.15, 0.2) is 11.5 Å². The number of imidazole rings is 1. The number of fused-ring (bicyclic) bond motifs is 2. The number of halogens is 4. The maximum atomic E-state index is 16.2. The van der Waals surface area contributed by atoms with Crippen molar-refractivity contribution >= 4 is 52.5 Å². The van der Waals surface area contributed by atoms with Crippen molar-refractivity contribution in [3.05, 3.63) is 88.1 Å². The minimum absolute atomic E-state index is 0.0163. The fourth-order valence-electron chi connectivity index (χ4n) is 9.07. The first-order valence-corrected chi connectivity index (χ1v) is 20.8. The number of hydrogen-bond donors (Lipinski definition) is 3. The number of nitrogens with zero attached hydrogens (tertiary/aromatic N) is 7. The summed E-state index contributed by atoms with van der Waals surface area (Å²) in [5.41, 5.74) is -1.62. The molecule has 1 aliphatic carbocycles. The lowest BCUT2D eigenvalue weighted by molar-refractivity contribution is -0.136. The molecule has 0 radical (unpaired) electrons. The lowest BCUT2D eigenvalue weighted by Gasteiger charge is -2.38. The molecule has 2 unspecified atom stereocenters. The van der Waals surface area contributed by atoms with E-state index >= 15 is 8.78 Å². The lowest BCUT2D eigenvalue weighted by Crippen LogP contribution is -2.54. The lowest BCUT2D eigenvalue weighted by atomic mass is 9.94. The van der Waals surface area contributed by atoms with Gasteiger partial charge in [-0.2, -0.15) is 0 Å². The molecule has 4 fully saturated rings. The molecule has 7 heterocycles. The second-order valence-electron chi connectivity index (χ2n) is 17.3. The van der Waals surface area contributed by atoms with Crippen LogP contribution in [0.3, 0.4) is 0 Å². The van der Waals surface area contributed by atoms with Gasteiger partial charge in [-0.25, -0.2) is 27.5 Å². The molecule has 9 rings (SSSR count). The Bertz CT molecular complexity index is 2610. The number of likely N-dealkylation sites (tertiary alicyclic amines) is 1. The molecule has 3 N–H and O–H groups in total. The summed E-state index contributed by atoms with van der Waals surface area (Å²) >= 11 is 0. The van der Waals surface area contributed by atoms with Crippen LogP contribution in [0.15, 0.2) is 42.7 Å². The first-order valence-electron chi connectivity index (χ1n) is 20.8. The van der Waals surface area contributed by atoms with Crippen molar-refractivity contribution in [1.82, 2.24) is 34.4 Å². The number of piperazine rings is 1. The van der Waals surface area contributed by atoms with Gasteiger partial charge < -0.3 is 24.6 Å². The highest BCUT2D eigenvalue weighted by molar-refractivity contribution is 6.23. The van der Waals surface area contributed by atoms with Crippen molar-refractivity contribution < 1.29 is 51.4 Å². The molecule has 0 bridgehead atoms. The van der Waals surface area contributed by atoms with Gasteiger partial charge in [-0.05, 0) is 57.4 Å². The zero-order valence-corrected chi connectivity index (χ0v) is 34.3. The van der Waals surface area contributed by atoms with Gasteiger partial charge >= 0.3 is 0 Å². The van der Waals surface area contributed by atoms with Gasteiger partial charge in [0.25, 0.3) is 23.6 Å². The van der Waals surface area contributed by atoms with Crippen molar-refractivity contribution in [2.75, 3.05) is 56.0 Å². The Morgan fingerprint density at radius 3 is 2.25 bits per heavy atom. The summed E-state index contributed by atoms with van der Waals surface area (Å²) in [6.45, 7) is 5.18. The van der Waals surface area contributed by atoms with E-state index in [-0.39, 0.29) is 82.7 Å². The van der Waals surface area contributed by atoms with Crippen LogP contribution in [0, 0.1) is 11.6 Å². The summed E-state index contributed by atoms with van der Waals surface area (Å²) in [5, 5.41) is 15.7. The number of rotatable bonds is 9. The van der Waals surface area contributed by atoms with Crippen LogP contribution in [-0.2, 0) is 20.0 Å². The number of carbonyl (C=O) groups is 6. The summed E-state index contributed by atoms with van der Waals surface area (Å²) in [6, 6.07) is 5.41. The average Bonchev–Trinajstić information content (AvgIpc) is 3.55. The van der Waals surface area contributed by atoms with Crippen molar-refractivity contribution in [3.8, 4) is 0 Å². The third-order valence-electron chi connectivity index (χ3n) is 12.6. The number of pyridine rings is 2. The molecule has 1 saturated carbocycles. The van der Waals surface area contributed by atoms with E-state index in [1.807, 2.05) is 4.90 Å². The van der Waals surface area contributed by atoms with Crippen LogP contribution in [0.2, 0.25) is 0 Å². The van der Waals surface area contributed by atoms with Gasteiger partial charge in [-0.15, -0.1) is 0 Å². The number of aliphatic hydroxyl groups is 1. The predicted octanol–water partition coefficient (Wildman–Crippen LogP) is 3.54. The van der Waals surface area contributed by atoms with Gasteiger partial charge in [0.1, 0.15) is 17.6 Å². The number of aromatic nitrogens is 3. The molecule has 6 amide bonds. The molecule has 63 heavy (non-hydrogen) atoms. The molecule has 2 atom stereocenters. The van der Waals surface area contributed by atoms with Gasteiger partial charge in [0.2, 0.25) is 17.7 Å². The van der Waals surface area contributed by atoms with E-state index in [4.69, 9.17) is 0 Å². The molecule has 1 aromatic carbocycles. The summed E-state index contributed by atoms with van der Waals surface area (Å²) in [4.78, 5) is 92.2. The number of alkyl halides is 2. The number of piperidine rings is 2. The van der Waals surface area contributed by atoms with Crippen molar-refractivity contribution in [1.29, 1.82) is 0 Å². The van der Waals surface area contributed by atoms with Crippen molar-refractivity contribution in [2.24, 2.45) is 0 Å². The van der Waals surface area contributed by atoms with Gasteiger partial charge in [-0.3, -0.25) is 43.9 Å². The molecule has 16 nitrogen and oxygen atoms in total. The number of nitrogens with one attached hydrogen (secondary N) is 2. The zero-order chi connectivity index (χ0) is 44.7. The predicted molar refractivity (Wildman–Crippen MR) is 215 cm³/mol. The summed E-state index contributed by atoms with van der Waals surface area (Å²) in [6.07, 6.45) is 3.75. The fourth-order valence-corrected chi connectivity index (χ4v) is 9.07. The monoisotopic (exact) mass is 873 g/mol. The van der Waals surface area contributed by atoms with E-state index < -0.39 is 64.7 Å². The highest BCUT2D eigenvalue weighted by Gasteiger charge is 2.58. The van der Waals surface area contributed by atoms with E-state index in [0.29, 0.717) is 57.8 Å². The van der Waals surface area contributed by atoms with Crippen LogP contribution in [0.1, 0.15) is 106 Å². The molecule has 3 aromatic heterocycles. The quantitative estimate of drug-likeness (QED) is 0.165.